The summed E-state index contributed by atoms with van der Waals surface area (Å²) in [5.41, 5.74) is 5.56. The van der Waals surface area contributed by atoms with Crippen LogP contribution in [0.2, 0.25) is 0 Å². The Morgan fingerprint density at radius 2 is 0.455 bits per heavy atom. The van der Waals surface area contributed by atoms with Crippen LogP contribution in [0.5, 0.6) is 0 Å². The average molecular weight is 761 g/mol. The molecule has 0 atom stereocenters. The van der Waals surface area contributed by atoms with E-state index >= 15 is 0 Å². The van der Waals surface area contributed by atoms with Crippen LogP contribution >= 0.6 is 11.8 Å². The summed E-state index contributed by atoms with van der Waals surface area (Å²) in [6, 6.07) is 63.1. The molecule has 0 saturated heterocycles. The monoisotopic (exact) mass is 761 g/mol. The second-order valence-electron chi connectivity index (χ2n) is 10.1. The van der Waals surface area contributed by atoms with Crippen LogP contribution in [0.15, 0.2) is 192 Å². The number of benzene rings is 6. The van der Waals surface area contributed by atoms with Gasteiger partial charge in [0.2, 0.25) is 0 Å². The van der Waals surface area contributed by atoms with Crippen molar-refractivity contribution in [3.05, 3.63) is 204 Å². The molecule has 0 spiro atoms. The van der Waals surface area contributed by atoms with Crippen molar-refractivity contribution in [1.82, 2.24) is 0 Å². The average Bonchev–Trinajstić information content (AvgIpc) is 3.30. The van der Waals surface area contributed by atoms with Gasteiger partial charge in [0.1, 0.15) is 0 Å². The van der Waals surface area contributed by atoms with Crippen LogP contribution in [0.1, 0.15) is 126 Å². The highest BCUT2D eigenvalue weighted by Gasteiger charge is 1.95. The van der Waals surface area contributed by atoms with Crippen molar-refractivity contribution in [1.29, 1.82) is 0 Å². The lowest BCUT2D eigenvalue weighted by Gasteiger charge is -2.01. The Labute approximate surface area is 346 Å². The van der Waals surface area contributed by atoms with Crippen molar-refractivity contribution in [2.45, 2.75) is 132 Å². The van der Waals surface area contributed by atoms with E-state index in [2.05, 4.69) is 184 Å². The highest BCUT2D eigenvalue weighted by molar-refractivity contribution is 7.99. The van der Waals surface area contributed by atoms with E-state index < -0.39 is 0 Å². The minimum atomic E-state index is 1.03. The Bertz CT molecular complexity index is 1260. The Balaban J connectivity index is -0.000000302. The van der Waals surface area contributed by atoms with Gasteiger partial charge < -0.3 is 0 Å². The lowest BCUT2D eigenvalue weighted by molar-refractivity contribution is 0.960. The molecular formula is C54H80S. The second kappa shape index (κ2) is 49.7. The zero-order valence-corrected chi connectivity index (χ0v) is 38.4. The largest absolute Gasteiger partial charge is 0.0901 e. The predicted molar refractivity (Wildman–Crippen MR) is 257 cm³/mol. The normalized spacial score (nSPS) is 8.18. The summed E-state index contributed by atoms with van der Waals surface area (Å²) in [5, 5.41) is 0. The van der Waals surface area contributed by atoms with E-state index in [9.17, 15) is 0 Å². The molecule has 6 aromatic rings. The van der Waals surface area contributed by atoms with Gasteiger partial charge in [0.05, 0.1) is 0 Å². The summed E-state index contributed by atoms with van der Waals surface area (Å²) in [5.74, 6) is 0. The van der Waals surface area contributed by atoms with E-state index in [1.807, 2.05) is 95.2 Å². The van der Waals surface area contributed by atoms with Crippen molar-refractivity contribution in [2.24, 2.45) is 0 Å². The Kier molecular flexibility index (Phi) is 51.8. The van der Waals surface area contributed by atoms with Crippen LogP contribution in [-0.2, 0) is 19.3 Å². The Morgan fingerprint density at radius 3 is 0.673 bits per heavy atom. The van der Waals surface area contributed by atoms with Crippen LogP contribution in [0, 0.1) is 0 Å². The first-order chi connectivity index (χ1) is 27.3. The van der Waals surface area contributed by atoms with Crippen molar-refractivity contribution in [3.8, 4) is 0 Å². The first-order valence-electron chi connectivity index (χ1n) is 21.2. The quantitative estimate of drug-likeness (QED) is 0.156. The lowest BCUT2D eigenvalue weighted by atomic mass is 10.0. The fraction of sp³-hybridized carbons (Fsp3) is 0.333. The standard InChI is InChI=1S/C14H14.C13H12.C12H10S.C3H8.6C2H6/c1-3-7-13(8-4-1)11-12-14-9-5-2-6-10-14;1-3-7-12(8-4-1)11-13-9-5-2-6-10-13;1-3-7-11(8-4-1)13-12-9-5-2-6-10-12;1-3-2;6*1-2/h1-10H,11-12H2;1-10H,11H2;1-10H;3H2,1-2H3;6*1-2H3. The molecule has 0 nitrogen and oxygen atoms in total. The summed E-state index contributed by atoms with van der Waals surface area (Å²) in [4.78, 5) is 2.57. The molecule has 0 unspecified atom stereocenters. The molecule has 0 radical (unpaired) electrons. The van der Waals surface area contributed by atoms with Gasteiger partial charge in [-0.1, -0.05) is 273 Å². The summed E-state index contributed by atoms with van der Waals surface area (Å²) < 4.78 is 0. The van der Waals surface area contributed by atoms with Crippen molar-refractivity contribution >= 4 is 11.8 Å². The highest BCUT2D eigenvalue weighted by atomic mass is 32.2. The molecular weight excluding hydrogens is 681 g/mol. The van der Waals surface area contributed by atoms with Crippen LogP contribution in [-0.4, -0.2) is 0 Å². The van der Waals surface area contributed by atoms with Gasteiger partial charge >= 0.3 is 0 Å². The summed E-state index contributed by atoms with van der Waals surface area (Å²) >= 11 is 1.79. The zero-order chi connectivity index (χ0) is 42.2. The van der Waals surface area contributed by atoms with E-state index in [1.165, 1.54) is 38.5 Å². The molecule has 1 heteroatoms. The molecule has 0 amide bonds. The van der Waals surface area contributed by atoms with Crippen LogP contribution in [0.25, 0.3) is 0 Å². The van der Waals surface area contributed by atoms with Gasteiger partial charge in [0, 0.05) is 9.79 Å². The molecule has 0 aliphatic heterocycles. The fourth-order valence-corrected chi connectivity index (χ4v) is 4.98. The molecule has 0 aromatic heterocycles. The van der Waals surface area contributed by atoms with Crippen molar-refractivity contribution in [2.75, 3.05) is 0 Å². The van der Waals surface area contributed by atoms with Crippen molar-refractivity contribution in [3.63, 3.8) is 0 Å². The van der Waals surface area contributed by atoms with E-state index in [1.54, 1.807) is 11.8 Å². The van der Waals surface area contributed by atoms with Crippen LogP contribution < -0.4 is 0 Å². The third kappa shape index (κ3) is 35.1. The minimum Gasteiger partial charge on any atom is -0.0901 e. The molecule has 0 heterocycles. The van der Waals surface area contributed by atoms with Gasteiger partial charge in [-0.2, -0.15) is 0 Å². The maximum Gasteiger partial charge on any atom is 0.0122 e. The first kappa shape index (κ1) is 57.4. The van der Waals surface area contributed by atoms with E-state index in [-0.39, 0.29) is 0 Å². The highest BCUT2D eigenvalue weighted by Crippen LogP contribution is 2.26. The molecule has 0 aliphatic carbocycles. The van der Waals surface area contributed by atoms with E-state index in [0.29, 0.717) is 0 Å². The van der Waals surface area contributed by atoms with Gasteiger partial charge in [-0.3, -0.25) is 0 Å². The van der Waals surface area contributed by atoms with Gasteiger partial charge in [-0.25, -0.2) is 0 Å². The van der Waals surface area contributed by atoms with Crippen LogP contribution in [0.4, 0.5) is 0 Å². The van der Waals surface area contributed by atoms with Gasteiger partial charge in [-0.15, -0.1) is 0 Å². The smallest absolute Gasteiger partial charge is 0.0122 e. The molecule has 6 rings (SSSR count). The van der Waals surface area contributed by atoms with Crippen molar-refractivity contribution < 1.29 is 0 Å². The van der Waals surface area contributed by atoms with Gasteiger partial charge in [0.25, 0.3) is 0 Å². The zero-order valence-electron chi connectivity index (χ0n) is 37.6. The fourth-order valence-electron chi connectivity index (χ4n) is 4.12. The second-order valence-corrected chi connectivity index (χ2v) is 11.2. The molecule has 0 fully saturated rings. The van der Waals surface area contributed by atoms with Gasteiger partial charge in [0.15, 0.2) is 0 Å². The molecule has 0 N–H and O–H groups in total. The van der Waals surface area contributed by atoms with E-state index in [4.69, 9.17) is 0 Å². The molecule has 55 heavy (non-hydrogen) atoms. The topological polar surface area (TPSA) is 0 Å². The Hall–Kier alpha value is -4.33. The number of hydrogen-bond acceptors (Lipinski definition) is 1. The Morgan fingerprint density at radius 1 is 0.273 bits per heavy atom. The number of rotatable bonds is 7. The molecule has 0 bridgehead atoms. The molecule has 6 aromatic carbocycles. The van der Waals surface area contributed by atoms with Crippen LogP contribution in [0.3, 0.4) is 0 Å². The number of hydrogen-bond donors (Lipinski definition) is 0. The molecule has 0 aliphatic rings. The summed E-state index contributed by atoms with van der Waals surface area (Å²) in [6.45, 7) is 28.2. The summed E-state index contributed by atoms with van der Waals surface area (Å²) in [7, 11) is 0. The summed E-state index contributed by atoms with van der Waals surface area (Å²) in [6.07, 6.45) is 4.54. The SMILES string of the molecule is CC.CC.CC.CC.CC.CC.CCC.c1ccc(CCc2ccccc2)cc1.c1ccc(Cc2ccccc2)cc1.c1ccc(Sc2ccccc2)cc1. The maximum absolute atomic E-state index is 2.18. The third-order valence-corrected chi connectivity index (χ3v) is 7.22. The van der Waals surface area contributed by atoms with E-state index in [0.717, 1.165) is 19.3 Å². The minimum absolute atomic E-state index is 1.03. The third-order valence-electron chi connectivity index (χ3n) is 6.20. The number of aryl methyl sites for hydroxylation is 2. The molecule has 0 saturated carbocycles. The lowest BCUT2D eigenvalue weighted by Crippen LogP contribution is -1.89. The molecule has 302 valence electrons. The maximum atomic E-state index is 2.18. The first-order valence-corrected chi connectivity index (χ1v) is 22.0. The predicted octanol–water partition coefficient (Wildman–Crippen LogP) is 18.2. The van der Waals surface area contributed by atoms with Gasteiger partial charge in [-0.05, 0) is 65.8 Å².